The van der Waals surface area contributed by atoms with Gasteiger partial charge in [0.25, 0.3) is 0 Å². The lowest BCUT2D eigenvalue weighted by molar-refractivity contribution is 0.179. The van der Waals surface area contributed by atoms with Crippen LogP contribution in [0.3, 0.4) is 0 Å². The van der Waals surface area contributed by atoms with Gasteiger partial charge in [0.1, 0.15) is 6.07 Å². The number of hydrazine groups is 1. The second-order valence-electron chi connectivity index (χ2n) is 4.28. The Labute approximate surface area is 101 Å². The average molecular weight is 231 g/mol. The monoisotopic (exact) mass is 231 g/mol. The van der Waals surface area contributed by atoms with Crippen molar-refractivity contribution in [3.8, 4) is 6.07 Å². The summed E-state index contributed by atoms with van der Waals surface area (Å²) in [4.78, 5) is 2.28. The number of benzene rings is 1. The van der Waals surface area contributed by atoms with Gasteiger partial charge in [-0.3, -0.25) is 0 Å². The number of hydrogen-bond donors (Lipinski definition) is 2. The van der Waals surface area contributed by atoms with E-state index in [-0.39, 0.29) is 0 Å². The molecule has 0 unspecified atom stereocenters. The Bertz CT molecular complexity index is 429. The Morgan fingerprint density at radius 2 is 2.00 bits per heavy atom. The Balaban J connectivity index is 2.06. The largest absolute Gasteiger partial charge is 0.396 e. The van der Waals surface area contributed by atoms with E-state index in [1.54, 1.807) is 6.07 Å². The van der Waals surface area contributed by atoms with Crippen molar-refractivity contribution in [2.75, 3.05) is 44.4 Å². The van der Waals surface area contributed by atoms with Crippen molar-refractivity contribution >= 4 is 11.4 Å². The SMILES string of the molecule is CN1CCN(Nc2cccc(C#N)c2N)CC1. The summed E-state index contributed by atoms with van der Waals surface area (Å²) in [5.74, 6) is 0. The van der Waals surface area contributed by atoms with E-state index in [9.17, 15) is 0 Å². The highest BCUT2D eigenvalue weighted by Crippen LogP contribution is 2.22. The molecule has 0 atom stereocenters. The van der Waals surface area contributed by atoms with Crippen LogP contribution in [-0.2, 0) is 0 Å². The number of likely N-dealkylation sites (N-methyl/N-ethyl adjacent to an activating group) is 1. The molecule has 0 saturated carbocycles. The first-order chi connectivity index (χ1) is 8.20. The van der Waals surface area contributed by atoms with E-state index in [4.69, 9.17) is 11.0 Å². The fraction of sp³-hybridized carbons (Fsp3) is 0.417. The summed E-state index contributed by atoms with van der Waals surface area (Å²) in [6.45, 7) is 3.97. The van der Waals surface area contributed by atoms with Gasteiger partial charge in [0, 0.05) is 26.2 Å². The van der Waals surface area contributed by atoms with Crippen LogP contribution in [0, 0.1) is 11.3 Å². The van der Waals surface area contributed by atoms with E-state index in [2.05, 4.69) is 28.5 Å². The van der Waals surface area contributed by atoms with Crippen molar-refractivity contribution in [2.24, 2.45) is 0 Å². The lowest BCUT2D eigenvalue weighted by atomic mass is 10.2. The number of piperazine rings is 1. The maximum absolute atomic E-state index is 8.91. The summed E-state index contributed by atoms with van der Waals surface area (Å²) < 4.78 is 0. The van der Waals surface area contributed by atoms with Crippen LogP contribution < -0.4 is 11.2 Å². The van der Waals surface area contributed by atoms with Crippen LogP contribution in [0.25, 0.3) is 0 Å². The minimum atomic E-state index is 0.518. The molecule has 1 saturated heterocycles. The van der Waals surface area contributed by atoms with Crippen molar-refractivity contribution in [3.63, 3.8) is 0 Å². The first kappa shape index (κ1) is 11.7. The Morgan fingerprint density at radius 3 is 2.65 bits per heavy atom. The summed E-state index contributed by atoms with van der Waals surface area (Å²) in [5.41, 5.74) is 11.0. The molecule has 90 valence electrons. The minimum absolute atomic E-state index is 0.518. The molecule has 2 rings (SSSR count). The van der Waals surface area contributed by atoms with Crippen LogP contribution in [0.4, 0.5) is 11.4 Å². The molecule has 17 heavy (non-hydrogen) atoms. The van der Waals surface area contributed by atoms with E-state index in [0.717, 1.165) is 31.9 Å². The van der Waals surface area contributed by atoms with E-state index in [1.165, 1.54) is 0 Å². The van der Waals surface area contributed by atoms with Crippen molar-refractivity contribution in [2.45, 2.75) is 0 Å². The summed E-state index contributed by atoms with van der Waals surface area (Å²) in [6.07, 6.45) is 0. The normalized spacial score (nSPS) is 17.6. The van der Waals surface area contributed by atoms with Gasteiger partial charge >= 0.3 is 0 Å². The molecule has 1 heterocycles. The van der Waals surface area contributed by atoms with Crippen molar-refractivity contribution in [1.82, 2.24) is 9.91 Å². The minimum Gasteiger partial charge on any atom is -0.396 e. The lowest BCUT2D eigenvalue weighted by Crippen LogP contribution is -2.47. The van der Waals surface area contributed by atoms with E-state index < -0.39 is 0 Å². The quantitative estimate of drug-likeness (QED) is 0.734. The molecule has 5 nitrogen and oxygen atoms in total. The van der Waals surface area contributed by atoms with Gasteiger partial charge in [-0.15, -0.1) is 0 Å². The Kier molecular flexibility index (Phi) is 3.47. The topological polar surface area (TPSA) is 68.3 Å². The van der Waals surface area contributed by atoms with Crippen LogP contribution >= 0.6 is 0 Å². The first-order valence-corrected chi connectivity index (χ1v) is 5.69. The zero-order valence-corrected chi connectivity index (χ0v) is 9.98. The smallest absolute Gasteiger partial charge is 0.101 e. The predicted octanol–water partition coefficient (Wildman–Crippen LogP) is 0.715. The molecule has 0 aliphatic carbocycles. The molecule has 0 spiro atoms. The van der Waals surface area contributed by atoms with Gasteiger partial charge < -0.3 is 16.1 Å². The molecule has 1 aromatic rings. The number of nitrogens with two attached hydrogens (primary N) is 1. The molecule has 3 N–H and O–H groups in total. The summed E-state index contributed by atoms with van der Waals surface area (Å²) in [7, 11) is 2.11. The number of nitrogens with one attached hydrogen (secondary N) is 1. The molecule has 1 aliphatic rings. The van der Waals surface area contributed by atoms with Gasteiger partial charge in [-0.2, -0.15) is 5.26 Å². The highest BCUT2D eigenvalue weighted by molar-refractivity contribution is 5.72. The third-order valence-electron chi connectivity index (χ3n) is 3.01. The van der Waals surface area contributed by atoms with Crippen LogP contribution in [0.2, 0.25) is 0 Å². The lowest BCUT2D eigenvalue weighted by Gasteiger charge is -2.33. The molecular weight excluding hydrogens is 214 g/mol. The summed E-state index contributed by atoms with van der Waals surface area (Å²) >= 11 is 0. The molecule has 1 aliphatic heterocycles. The van der Waals surface area contributed by atoms with Gasteiger partial charge in [0.2, 0.25) is 0 Å². The maximum Gasteiger partial charge on any atom is 0.101 e. The van der Waals surface area contributed by atoms with Gasteiger partial charge in [0.15, 0.2) is 0 Å². The number of anilines is 2. The van der Waals surface area contributed by atoms with Gasteiger partial charge in [-0.1, -0.05) is 6.07 Å². The first-order valence-electron chi connectivity index (χ1n) is 5.69. The second-order valence-corrected chi connectivity index (χ2v) is 4.28. The third kappa shape index (κ3) is 2.67. The fourth-order valence-electron chi connectivity index (χ4n) is 1.85. The highest BCUT2D eigenvalue weighted by atomic mass is 15.5. The van der Waals surface area contributed by atoms with E-state index >= 15 is 0 Å². The molecular formula is C12H17N5. The predicted molar refractivity (Wildman–Crippen MR) is 68.3 cm³/mol. The van der Waals surface area contributed by atoms with E-state index in [0.29, 0.717) is 11.3 Å². The second kappa shape index (κ2) is 5.04. The molecule has 1 aromatic carbocycles. The Hall–Kier alpha value is -1.77. The zero-order valence-electron chi connectivity index (χ0n) is 9.98. The molecule has 0 amide bonds. The van der Waals surface area contributed by atoms with E-state index in [1.807, 2.05) is 12.1 Å². The summed E-state index contributed by atoms with van der Waals surface area (Å²) in [5, 5.41) is 11.0. The van der Waals surface area contributed by atoms with Crippen molar-refractivity contribution < 1.29 is 0 Å². The Morgan fingerprint density at radius 1 is 1.29 bits per heavy atom. The number of nitrogens with zero attached hydrogens (tertiary/aromatic N) is 3. The molecule has 5 heteroatoms. The third-order valence-corrected chi connectivity index (χ3v) is 3.01. The van der Waals surface area contributed by atoms with Gasteiger partial charge in [0.05, 0.1) is 16.9 Å². The maximum atomic E-state index is 8.91. The summed E-state index contributed by atoms with van der Waals surface area (Å²) in [6, 6.07) is 7.55. The van der Waals surface area contributed by atoms with Crippen LogP contribution in [0.5, 0.6) is 0 Å². The molecule has 1 fully saturated rings. The number of rotatable bonds is 2. The van der Waals surface area contributed by atoms with Crippen molar-refractivity contribution in [3.05, 3.63) is 23.8 Å². The zero-order chi connectivity index (χ0) is 12.3. The molecule has 0 bridgehead atoms. The number of nitriles is 1. The number of para-hydroxylation sites is 1. The van der Waals surface area contributed by atoms with Gasteiger partial charge in [-0.05, 0) is 19.2 Å². The van der Waals surface area contributed by atoms with Crippen molar-refractivity contribution in [1.29, 1.82) is 5.26 Å². The van der Waals surface area contributed by atoms with Crippen LogP contribution in [-0.4, -0.2) is 43.1 Å². The molecule has 0 radical (unpaired) electrons. The average Bonchev–Trinajstić information content (AvgIpc) is 2.35. The fourth-order valence-corrected chi connectivity index (χ4v) is 1.85. The highest BCUT2D eigenvalue weighted by Gasteiger charge is 2.14. The van der Waals surface area contributed by atoms with Gasteiger partial charge in [-0.25, -0.2) is 5.01 Å². The van der Waals surface area contributed by atoms with Crippen LogP contribution in [0.15, 0.2) is 18.2 Å². The van der Waals surface area contributed by atoms with Crippen LogP contribution in [0.1, 0.15) is 5.56 Å². The number of nitrogen functional groups attached to an aromatic ring is 1. The molecule has 0 aromatic heterocycles. The number of hydrogen-bond acceptors (Lipinski definition) is 5. The standard InChI is InChI=1S/C12H17N5/c1-16-5-7-17(8-6-16)15-11-4-2-3-10(9-13)12(11)14/h2-4,15H,5-8,14H2,1H3.